The lowest BCUT2D eigenvalue weighted by Crippen LogP contribution is -2.43. The first-order valence-electron chi connectivity index (χ1n) is 5.35. The molecule has 1 aromatic rings. The standard InChI is InChI=1S/C11H9FN2O5/c12-7-3-6(4-8(5-7)14(18)19)9(15)13-11(1-2-11)10(16)17/h3-5H,1-2H2,(H,13,15)(H,16,17). The summed E-state index contributed by atoms with van der Waals surface area (Å²) in [4.78, 5) is 32.4. The van der Waals surface area contributed by atoms with Crippen LogP contribution < -0.4 is 5.32 Å². The Morgan fingerprint density at radius 3 is 2.47 bits per heavy atom. The predicted molar refractivity (Wildman–Crippen MR) is 60.1 cm³/mol. The Morgan fingerprint density at radius 1 is 1.37 bits per heavy atom. The smallest absolute Gasteiger partial charge is 0.329 e. The minimum atomic E-state index is -1.32. The van der Waals surface area contributed by atoms with E-state index >= 15 is 0 Å². The molecule has 19 heavy (non-hydrogen) atoms. The molecular weight excluding hydrogens is 259 g/mol. The second-order valence-corrected chi connectivity index (χ2v) is 4.30. The van der Waals surface area contributed by atoms with Crippen LogP contribution in [0.5, 0.6) is 0 Å². The minimum Gasteiger partial charge on any atom is -0.480 e. The van der Waals surface area contributed by atoms with Gasteiger partial charge in [0, 0.05) is 11.6 Å². The molecule has 0 bridgehead atoms. The number of aliphatic carboxylic acids is 1. The maximum absolute atomic E-state index is 13.2. The van der Waals surface area contributed by atoms with E-state index in [4.69, 9.17) is 5.11 Å². The molecule has 1 amide bonds. The van der Waals surface area contributed by atoms with Gasteiger partial charge in [0.1, 0.15) is 11.4 Å². The Balaban J connectivity index is 2.25. The summed E-state index contributed by atoms with van der Waals surface area (Å²) in [7, 11) is 0. The molecule has 0 saturated heterocycles. The lowest BCUT2D eigenvalue weighted by Gasteiger charge is -2.12. The van der Waals surface area contributed by atoms with Crippen molar-refractivity contribution in [1.29, 1.82) is 0 Å². The summed E-state index contributed by atoms with van der Waals surface area (Å²) in [5.41, 5.74) is -2.16. The second kappa shape index (κ2) is 4.30. The quantitative estimate of drug-likeness (QED) is 0.627. The molecule has 0 radical (unpaired) electrons. The van der Waals surface area contributed by atoms with Crippen LogP contribution in [0.4, 0.5) is 10.1 Å². The van der Waals surface area contributed by atoms with Crippen LogP contribution in [0.1, 0.15) is 23.2 Å². The van der Waals surface area contributed by atoms with Crippen molar-refractivity contribution in [2.45, 2.75) is 18.4 Å². The number of carbonyl (C=O) groups is 2. The number of nitrogens with zero attached hydrogens (tertiary/aromatic N) is 1. The summed E-state index contributed by atoms with van der Waals surface area (Å²) in [6, 6.07) is 2.40. The molecule has 0 heterocycles. The maximum atomic E-state index is 13.2. The van der Waals surface area contributed by atoms with Gasteiger partial charge in [-0.3, -0.25) is 14.9 Å². The summed E-state index contributed by atoms with van der Waals surface area (Å²) in [5.74, 6) is -2.95. The average Bonchev–Trinajstić information content (AvgIpc) is 3.09. The predicted octanol–water partition coefficient (Wildman–Crippen LogP) is 1.08. The van der Waals surface area contributed by atoms with Crippen LogP contribution in [0.2, 0.25) is 0 Å². The van der Waals surface area contributed by atoms with E-state index in [-0.39, 0.29) is 18.4 Å². The van der Waals surface area contributed by atoms with Crippen molar-refractivity contribution in [2.75, 3.05) is 0 Å². The number of carboxylic acids is 1. The van der Waals surface area contributed by atoms with Crippen LogP contribution in [0, 0.1) is 15.9 Å². The monoisotopic (exact) mass is 268 g/mol. The normalized spacial score (nSPS) is 15.6. The molecule has 0 unspecified atom stereocenters. The molecule has 0 aromatic heterocycles. The minimum absolute atomic E-state index is 0.278. The third-order valence-electron chi connectivity index (χ3n) is 2.87. The van der Waals surface area contributed by atoms with Crippen molar-refractivity contribution < 1.29 is 24.0 Å². The number of benzene rings is 1. The van der Waals surface area contributed by atoms with Gasteiger partial charge >= 0.3 is 5.97 Å². The highest BCUT2D eigenvalue weighted by Gasteiger charge is 2.51. The van der Waals surface area contributed by atoms with Crippen molar-refractivity contribution in [3.8, 4) is 0 Å². The molecule has 1 saturated carbocycles. The Morgan fingerprint density at radius 2 is 2.00 bits per heavy atom. The van der Waals surface area contributed by atoms with E-state index in [0.29, 0.717) is 6.07 Å². The number of non-ortho nitro benzene ring substituents is 1. The number of carbonyl (C=O) groups excluding carboxylic acids is 1. The van der Waals surface area contributed by atoms with Crippen molar-refractivity contribution in [2.24, 2.45) is 0 Å². The van der Waals surface area contributed by atoms with E-state index in [9.17, 15) is 24.1 Å². The zero-order valence-corrected chi connectivity index (χ0v) is 9.55. The van der Waals surface area contributed by atoms with Gasteiger partial charge < -0.3 is 10.4 Å². The van der Waals surface area contributed by atoms with Crippen molar-refractivity contribution >= 4 is 17.6 Å². The number of nitro groups is 1. The number of halogens is 1. The van der Waals surface area contributed by atoms with E-state index < -0.39 is 33.8 Å². The molecule has 0 atom stereocenters. The number of rotatable bonds is 4. The number of nitrogens with one attached hydrogen (secondary N) is 1. The lowest BCUT2D eigenvalue weighted by atomic mass is 10.1. The first kappa shape index (κ1) is 12.9. The lowest BCUT2D eigenvalue weighted by molar-refractivity contribution is -0.385. The summed E-state index contributed by atoms with van der Waals surface area (Å²) in [6.07, 6.45) is 0.566. The molecule has 1 aliphatic rings. The van der Waals surface area contributed by atoms with Crippen molar-refractivity contribution in [1.82, 2.24) is 5.32 Å². The highest BCUT2D eigenvalue weighted by atomic mass is 19.1. The van der Waals surface area contributed by atoms with Gasteiger partial charge in [-0.05, 0) is 18.9 Å². The zero-order chi connectivity index (χ0) is 14.2. The molecular formula is C11H9FN2O5. The largest absolute Gasteiger partial charge is 0.480 e. The number of carboxylic acid groups (broad SMARTS) is 1. The molecule has 0 aliphatic heterocycles. The van der Waals surface area contributed by atoms with Gasteiger partial charge in [0.15, 0.2) is 0 Å². The fraction of sp³-hybridized carbons (Fsp3) is 0.273. The topological polar surface area (TPSA) is 110 Å². The summed E-state index contributed by atoms with van der Waals surface area (Å²) >= 11 is 0. The molecule has 2 N–H and O–H groups in total. The van der Waals surface area contributed by atoms with Gasteiger partial charge in [0.2, 0.25) is 0 Å². The first-order chi connectivity index (χ1) is 8.84. The third-order valence-corrected chi connectivity index (χ3v) is 2.87. The third kappa shape index (κ3) is 2.51. The highest BCUT2D eigenvalue weighted by molar-refractivity contribution is 5.99. The molecule has 0 spiro atoms. The van der Waals surface area contributed by atoms with E-state index in [0.717, 1.165) is 12.1 Å². The van der Waals surface area contributed by atoms with Crippen LogP contribution in [-0.4, -0.2) is 27.4 Å². The number of hydrogen-bond acceptors (Lipinski definition) is 4. The fourth-order valence-electron chi connectivity index (χ4n) is 1.62. The van der Waals surface area contributed by atoms with E-state index in [1.54, 1.807) is 0 Å². The Bertz CT molecular complexity index is 582. The molecule has 7 nitrogen and oxygen atoms in total. The Hall–Kier alpha value is -2.51. The number of hydrogen-bond donors (Lipinski definition) is 2. The summed E-state index contributed by atoms with van der Waals surface area (Å²) in [5, 5.41) is 21.7. The van der Waals surface area contributed by atoms with Gasteiger partial charge in [-0.15, -0.1) is 0 Å². The average molecular weight is 268 g/mol. The van der Waals surface area contributed by atoms with Crippen molar-refractivity contribution in [3.05, 3.63) is 39.7 Å². The Kier molecular flexibility index (Phi) is 2.93. The van der Waals surface area contributed by atoms with Crippen LogP contribution in [0.15, 0.2) is 18.2 Å². The molecule has 100 valence electrons. The van der Waals surface area contributed by atoms with Crippen LogP contribution in [0.25, 0.3) is 0 Å². The maximum Gasteiger partial charge on any atom is 0.329 e. The zero-order valence-electron chi connectivity index (χ0n) is 9.55. The van der Waals surface area contributed by atoms with Gasteiger partial charge in [0.05, 0.1) is 11.0 Å². The Labute approximate surface area is 106 Å². The SMILES string of the molecule is O=C(NC1(C(=O)O)CC1)c1cc(F)cc([N+](=O)[O-])c1. The highest BCUT2D eigenvalue weighted by Crippen LogP contribution is 2.35. The molecule has 2 rings (SSSR count). The fourth-order valence-corrected chi connectivity index (χ4v) is 1.62. The van der Waals surface area contributed by atoms with Crippen LogP contribution in [0.3, 0.4) is 0 Å². The van der Waals surface area contributed by atoms with Gasteiger partial charge in [-0.2, -0.15) is 0 Å². The van der Waals surface area contributed by atoms with Crippen LogP contribution >= 0.6 is 0 Å². The van der Waals surface area contributed by atoms with E-state index in [2.05, 4.69) is 5.32 Å². The summed E-state index contributed by atoms with van der Waals surface area (Å²) in [6.45, 7) is 0. The number of amides is 1. The molecule has 1 fully saturated rings. The molecule has 8 heteroatoms. The van der Waals surface area contributed by atoms with Crippen molar-refractivity contribution in [3.63, 3.8) is 0 Å². The van der Waals surface area contributed by atoms with Crippen LogP contribution in [-0.2, 0) is 4.79 Å². The molecule has 1 aliphatic carbocycles. The van der Waals surface area contributed by atoms with E-state index in [1.807, 2.05) is 0 Å². The van der Waals surface area contributed by atoms with Gasteiger partial charge in [0.25, 0.3) is 11.6 Å². The second-order valence-electron chi connectivity index (χ2n) is 4.30. The van der Waals surface area contributed by atoms with Gasteiger partial charge in [-0.1, -0.05) is 0 Å². The first-order valence-corrected chi connectivity index (χ1v) is 5.35. The number of nitro benzene ring substituents is 1. The van der Waals surface area contributed by atoms with Gasteiger partial charge in [-0.25, -0.2) is 9.18 Å². The molecule has 1 aromatic carbocycles. The van der Waals surface area contributed by atoms with E-state index in [1.165, 1.54) is 0 Å². The summed E-state index contributed by atoms with van der Waals surface area (Å²) < 4.78 is 13.2.